The highest BCUT2D eigenvalue weighted by atomic mass is 127. The van der Waals surface area contributed by atoms with Gasteiger partial charge >= 0.3 is 0 Å². The van der Waals surface area contributed by atoms with Gasteiger partial charge in [-0.15, -0.1) is 24.0 Å². The minimum atomic E-state index is 0. The van der Waals surface area contributed by atoms with Gasteiger partial charge in [0.05, 0.1) is 13.2 Å². The Balaban J connectivity index is 0.00000200. The number of hydrogen-bond acceptors (Lipinski definition) is 2. The van der Waals surface area contributed by atoms with Crippen LogP contribution < -0.4 is 11.1 Å². The summed E-state index contributed by atoms with van der Waals surface area (Å²) in [7, 11) is 0. The molecule has 4 N–H and O–H groups in total. The van der Waals surface area contributed by atoms with Gasteiger partial charge in [0, 0.05) is 5.69 Å². The number of aliphatic hydroxyl groups excluding tert-OH is 1. The van der Waals surface area contributed by atoms with Gasteiger partial charge in [-0.25, -0.2) is 4.99 Å². The molecule has 0 amide bonds. The third kappa shape index (κ3) is 4.82. The Kier molecular flexibility index (Phi) is 7.03. The monoisotopic (exact) mass is 383 g/mol. The van der Waals surface area contributed by atoms with E-state index in [0.29, 0.717) is 12.5 Å². The highest BCUT2D eigenvalue weighted by Gasteiger charge is 2.00. The number of nitrogens with one attached hydrogen (secondary N) is 1. The molecule has 2 rings (SSSR count). The van der Waals surface area contributed by atoms with Crippen molar-refractivity contribution in [1.82, 2.24) is 0 Å². The molecule has 0 spiro atoms. The number of rotatable bonds is 4. The number of halogens is 1. The second-order valence-corrected chi connectivity index (χ2v) is 4.12. The first-order valence-electron chi connectivity index (χ1n) is 6.09. The van der Waals surface area contributed by atoms with Crippen LogP contribution in [0.3, 0.4) is 0 Å². The van der Waals surface area contributed by atoms with Crippen LogP contribution in [0.25, 0.3) is 0 Å². The molecule has 0 aliphatic carbocycles. The minimum Gasteiger partial charge on any atom is -0.392 e. The molecule has 0 atom stereocenters. The summed E-state index contributed by atoms with van der Waals surface area (Å²) < 4.78 is 0. The SMILES string of the molecule is I.NC(=NCc1ccccc1CO)Nc1ccccc1. The molecular weight excluding hydrogens is 365 g/mol. The molecule has 0 saturated carbocycles. The third-order valence-electron chi connectivity index (χ3n) is 2.75. The highest BCUT2D eigenvalue weighted by Crippen LogP contribution is 2.10. The molecule has 5 heteroatoms. The van der Waals surface area contributed by atoms with E-state index in [-0.39, 0.29) is 30.6 Å². The second kappa shape index (κ2) is 8.55. The number of guanidine groups is 1. The van der Waals surface area contributed by atoms with Crippen molar-refractivity contribution in [3.8, 4) is 0 Å². The number of nitrogens with two attached hydrogens (primary N) is 1. The zero-order valence-corrected chi connectivity index (χ0v) is 13.3. The maximum absolute atomic E-state index is 9.22. The van der Waals surface area contributed by atoms with Gasteiger partial charge in [-0.2, -0.15) is 0 Å². The number of benzene rings is 2. The van der Waals surface area contributed by atoms with Crippen molar-refractivity contribution in [1.29, 1.82) is 0 Å². The number of hydrogen-bond donors (Lipinski definition) is 3. The van der Waals surface area contributed by atoms with Gasteiger partial charge in [0.1, 0.15) is 0 Å². The fourth-order valence-corrected chi connectivity index (χ4v) is 1.75. The van der Waals surface area contributed by atoms with Crippen LogP contribution in [0, 0.1) is 0 Å². The summed E-state index contributed by atoms with van der Waals surface area (Å²) in [5, 5.41) is 12.2. The number of nitrogens with zero attached hydrogens (tertiary/aromatic N) is 1. The van der Waals surface area contributed by atoms with Crippen LogP contribution in [0.2, 0.25) is 0 Å². The van der Waals surface area contributed by atoms with Crippen LogP contribution in [0.4, 0.5) is 5.69 Å². The highest BCUT2D eigenvalue weighted by molar-refractivity contribution is 14.0. The molecule has 0 aliphatic rings. The maximum Gasteiger partial charge on any atom is 0.193 e. The van der Waals surface area contributed by atoms with Crippen LogP contribution >= 0.6 is 24.0 Å². The van der Waals surface area contributed by atoms with Crippen molar-refractivity contribution >= 4 is 35.6 Å². The molecule has 0 saturated heterocycles. The molecule has 4 nitrogen and oxygen atoms in total. The molecule has 20 heavy (non-hydrogen) atoms. The quantitative estimate of drug-likeness (QED) is 0.432. The summed E-state index contributed by atoms with van der Waals surface area (Å²) in [5.74, 6) is 0.360. The zero-order chi connectivity index (χ0) is 13.5. The average Bonchev–Trinajstić information content (AvgIpc) is 2.46. The summed E-state index contributed by atoms with van der Waals surface area (Å²) in [6.07, 6.45) is 0. The Morgan fingerprint density at radius 2 is 1.60 bits per heavy atom. The van der Waals surface area contributed by atoms with E-state index < -0.39 is 0 Å². The van der Waals surface area contributed by atoms with E-state index >= 15 is 0 Å². The Morgan fingerprint density at radius 3 is 2.25 bits per heavy atom. The molecule has 0 aliphatic heterocycles. The predicted octanol–water partition coefficient (Wildman–Crippen LogP) is 2.72. The van der Waals surface area contributed by atoms with E-state index in [0.717, 1.165) is 16.8 Å². The first kappa shape index (κ1) is 16.5. The van der Waals surface area contributed by atoms with Crippen molar-refractivity contribution in [2.45, 2.75) is 13.2 Å². The lowest BCUT2D eigenvalue weighted by Crippen LogP contribution is -2.22. The molecule has 106 valence electrons. The molecule has 2 aromatic rings. The number of aliphatic imine (C=N–C) groups is 1. The molecular formula is C15H18IN3O. The van der Waals surface area contributed by atoms with E-state index in [4.69, 9.17) is 5.73 Å². The lowest BCUT2D eigenvalue weighted by atomic mass is 10.1. The molecule has 0 aromatic heterocycles. The van der Waals surface area contributed by atoms with Gasteiger partial charge in [-0.05, 0) is 23.3 Å². The van der Waals surface area contributed by atoms with Crippen molar-refractivity contribution in [3.63, 3.8) is 0 Å². The average molecular weight is 383 g/mol. The summed E-state index contributed by atoms with van der Waals surface area (Å²) in [4.78, 5) is 4.27. The summed E-state index contributed by atoms with van der Waals surface area (Å²) in [6, 6.07) is 17.3. The van der Waals surface area contributed by atoms with Crippen LogP contribution in [0.15, 0.2) is 59.6 Å². The van der Waals surface area contributed by atoms with E-state index in [1.54, 1.807) is 0 Å². The minimum absolute atomic E-state index is 0. The number of para-hydroxylation sites is 1. The molecule has 0 bridgehead atoms. The van der Waals surface area contributed by atoms with E-state index in [2.05, 4.69) is 10.3 Å². The van der Waals surface area contributed by atoms with Gasteiger partial charge in [0.2, 0.25) is 0 Å². The molecule has 0 radical (unpaired) electrons. The van der Waals surface area contributed by atoms with E-state index in [1.165, 1.54) is 0 Å². The van der Waals surface area contributed by atoms with E-state index in [1.807, 2.05) is 54.6 Å². The van der Waals surface area contributed by atoms with Gasteiger partial charge in [-0.1, -0.05) is 42.5 Å². The first-order valence-corrected chi connectivity index (χ1v) is 6.09. The number of aliphatic hydroxyl groups is 1. The van der Waals surface area contributed by atoms with Gasteiger partial charge in [0.25, 0.3) is 0 Å². The lowest BCUT2D eigenvalue weighted by Gasteiger charge is -2.07. The first-order chi connectivity index (χ1) is 9.29. The Morgan fingerprint density at radius 1 is 1.00 bits per heavy atom. The lowest BCUT2D eigenvalue weighted by molar-refractivity contribution is 0.280. The third-order valence-corrected chi connectivity index (χ3v) is 2.75. The van der Waals surface area contributed by atoms with Crippen molar-refractivity contribution in [2.75, 3.05) is 5.32 Å². The smallest absolute Gasteiger partial charge is 0.193 e. The van der Waals surface area contributed by atoms with Crippen LogP contribution in [-0.4, -0.2) is 11.1 Å². The van der Waals surface area contributed by atoms with Crippen molar-refractivity contribution in [2.24, 2.45) is 10.7 Å². The standard InChI is InChI=1S/C15H17N3O.HI/c16-15(18-14-8-2-1-3-9-14)17-10-12-6-4-5-7-13(12)11-19;/h1-9,19H,10-11H2,(H3,16,17,18);1H. The summed E-state index contributed by atoms with van der Waals surface area (Å²) in [6.45, 7) is 0.458. The second-order valence-electron chi connectivity index (χ2n) is 4.12. The fraction of sp³-hybridized carbons (Fsp3) is 0.133. The molecule has 0 heterocycles. The van der Waals surface area contributed by atoms with Crippen LogP contribution in [0.5, 0.6) is 0 Å². The Bertz CT molecular complexity index is 558. The normalized spacial score (nSPS) is 10.8. The maximum atomic E-state index is 9.22. The number of anilines is 1. The van der Waals surface area contributed by atoms with E-state index in [9.17, 15) is 5.11 Å². The largest absolute Gasteiger partial charge is 0.392 e. The molecule has 2 aromatic carbocycles. The zero-order valence-electron chi connectivity index (χ0n) is 11.0. The van der Waals surface area contributed by atoms with Gasteiger partial charge in [-0.3, -0.25) is 0 Å². The summed E-state index contributed by atoms with van der Waals surface area (Å²) in [5.41, 5.74) is 8.57. The van der Waals surface area contributed by atoms with Crippen molar-refractivity contribution < 1.29 is 5.11 Å². The van der Waals surface area contributed by atoms with Crippen molar-refractivity contribution in [3.05, 3.63) is 65.7 Å². The van der Waals surface area contributed by atoms with Crippen LogP contribution in [0.1, 0.15) is 11.1 Å². The fourth-order valence-electron chi connectivity index (χ4n) is 1.75. The predicted molar refractivity (Wildman–Crippen MR) is 93.2 cm³/mol. The van der Waals surface area contributed by atoms with Crippen LogP contribution in [-0.2, 0) is 13.2 Å². The molecule has 0 fully saturated rings. The van der Waals surface area contributed by atoms with Gasteiger partial charge < -0.3 is 16.2 Å². The summed E-state index contributed by atoms with van der Waals surface area (Å²) >= 11 is 0. The Hall–Kier alpha value is -1.60. The molecule has 0 unspecified atom stereocenters. The topological polar surface area (TPSA) is 70.6 Å². The Labute approximate surface area is 135 Å². The van der Waals surface area contributed by atoms with Gasteiger partial charge in [0.15, 0.2) is 5.96 Å².